The van der Waals surface area contributed by atoms with Crippen molar-refractivity contribution in [3.8, 4) is 0 Å². The number of benzene rings is 1. The second-order valence-electron chi connectivity index (χ2n) is 11.6. The van der Waals surface area contributed by atoms with Crippen LogP contribution in [0.3, 0.4) is 0 Å². The van der Waals surface area contributed by atoms with Crippen LogP contribution in [-0.2, 0) is 20.8 Å². The van der Waals surface area contributed by atoms with Crippen molar-refractivity contribution in [2.24, 2.45) is 23.2 Å². The van der Waals surface area contributed by atoms with Crippen molar-refractivity contribution >= 4 is 21.9 Å². The number of allylic oxidation sites excluding steroid dienone is 1. The Bertz CT molecular complexity index is 889. The normalized spacial score (nSPS) is 35.2. The van der Waals surface area contributed by atoms with E-state index in [1.165, 1.54) is 44.8 Å². The van der Waals surface area contributed by atoms with E-state index in [-0.39, 0.29) is 12.0 Å². The fourth-order valence-electron chi connectivity index (χ4n) is 7.83. The predicted octanol–water partition coefficient (Wildman–Crippen LogP) is 7.47. The maximum absolute atomic E-state index is 13.0. The average molecular weight is 547 g/mol. The van der Waals surface area contributed by atoms with Crippen LogP contribution in [0.25, 0.3) is 0 Å². The van der Waals surface area contributed by atoms with Gasteiger partial charge < -0.3 is 4.74 Å². The highest BCUT2D eigenvalue weighted by atomic mass is 79.9. The molecule has 2 aliphatic carbocycles. The number of rotatable bonds is 9. The molecule has 0 radical (unpaired) electrons. The molecule has 2 saturated carbocycles. The minimum atomic E-state index is -0.844. The summed E-state index contributed by atoms with van der Waals surface area (Å²) in [5, 5.41) is 2.15. The molecule has 2 unspecified atom stereocenters. The molecule has 0 spiro atoms. The van der Waals surface area contributed by atoms with Crippen LogP contribution in [-0.4, -0.2) is 36.3 Å². The molecule has 1 aromatic rings. The molecular formula is C30H44BrNO3. The van der Waals surface area contributed by atoms with Crippen molar-refractivity contribution < 1.29 is 14.4 Å². The molecule has 194 valence electrons. The highest BCUT2D eigenvalue weighted by molar-refractivity contribution is 9.11. The summed E-state index contributed by atoms with van der Waals surface area (Å²) in [6.07, 6.45) is 10.8. The summed E-state index contributed by atoms with van der Waals surface area (Å²) >= 11 is 3.66. The molecule has 5 heteroatoms. The molecule has 0 bridgehead atoms. The molecule has 1 heterocycles. The van der Waals surface area contributed by atoms with E-state index in [2.05, 4.69) is 77.1 Å². The van der Waals surface area contributed by atoms with Gasteiger partial charge in [0.2, 0.25) is 0 Å². The summed E-state index contributed by atoms with van der Waals surface area (Å²) in [5.74, 6) is 1.80. The molecule has 0 aromatic heterocycles. The Labute approximate surface area is 220 Å². The number of fused-ring (bicyclic) bond motifs is 1. The van der Waals surface area contributed by atoms with Crippen molar-refractivity contribution in [3.63, 3.8) is 0 Å². The van der Waals surface area contributed by atoms with Crippen LogP contribution in [0.2, 0.25) is 0 Å². The van der Waals surface area contributed by atoms with Gasteiger partial charge in [-0.05, 0) is 85.1 Å². The number of hydroxylamine groups is 2. The Kier molecular flexibility index (Phi) is 8.82. The van der Waals surface area contributed by atoms with Crippen molar-refractivity contribution in [2.45, 2.75) is 96.6 Å². The molecule has 0 N–H and O–H groups in total. The molecule has 6 atom stereocenters. The smallest absolute Gasteiger partial charge is 0.340 e. The summed E-state index contributed by atoms with van der Waals surface area (Å²) in [6, 6.07) is 10.8. The van der Waals surface area contributed by atoms with E-state index < -0.39 is 5.60 Å². The Balaban J connectivity index is 1.52. The van der Waals surface area contributed by atoms with Crippen LogP contribution in [0.4, 0.5) is 0 Å². The number of nitrogens with zero attached hydrogens (tertiary/aromatic N) is 1. The van der Waals surface area contributed by atoms with Crippen LogP contribution >= 0.6 is 15.9 Å². The highest BCUT2D eigenvalue weighted by Gasteiger charge is 2.54. The van der Waals surface area contributed by atoms with Crippen molar-refractivity contribution in [1.29, 1.82) is 0 Å². The molecule has 3 fully saturated rings. The van der Waals surface area contributed by atoms with Gasteiger partial charge >= 0.3 is 5.97 Å². The average Bonchev–Trinajstić information content (AvgIpc) is 3.40. The Morgan fingerprint density at radius 1 is 1.31 bits per heavy atom. The van der Waals surface area contributed by atoms with Crippen molar-refractivity contribution in [2.75, 3.05) is 13.7 Å². The molecule has 3 aliphatic rings. The maximum Gasteiger partial charge on any atom is 0.340 e. The van der Waals surface area contributed by atoms with Gasteiger partial charge in [-0.2, -0.15) is 5.06 Å². The maximum atomic E-state index is 13.0. The predicted molar refractivity (Wildman–Crippen MR) is 145 cm³/mol. The Morgan fingerprint density at radius 3 is 2.77 bits per heavy atom. The van der Waals surface area contributed by atoms with Crippen LogP contribution < -0.4 is 0 Å². The van der Waals surface area contributed by atoms with Crippen LogP contribution in [0.15, 0.2) is 40.9 Å². The summed E-state index contributed by atoms with van der Waals surface area (Å²) in [5.41, 5.74) is 2.46. The first-order valence-electron chi connectivity index (χ1n) is 13.7. The van der Waals surface area contributed by atoms with E-state index in [9.17, 15) is 4.79 Å². The zero-order valence-corrected chi connectivity index (χ0v) is 23.7. The molecule has 1 aliphatic heterocycles. The second-order valence-corrected chi connectivity index (χ2v) is 12.0. The highest BCUT2D eigenvalue weighted by Crippen LogP contribution is 2.60. The SMILES string of the molecule is CCCC1(C(=O)OC)CC(C[C@@H](C)[C@H]2CC[C@H]3/C(=C/Br)CCC[C@]23C)N(CCc2ccccc2)O1. The van der Waals surface area contributed by atoms with E-state index in [4.69, 9.17) is 9.57 Å². The van der Waals surface area contributed by atoms with Gasteiger partial charge in [-0.1, -0.05) is 79.0 Å². The molecule has 4 rings (SSSR count). The Hall–Kier alpha value is -1.17. The molecule has 4 nitrogen and oxygen atoms in total. The zero-order valence-electron chi connectivity index (χ0n) is 22.1. The molecule has 35 heavy (non-hydrogen) atoms. The van der Waals surface area contributed by atoms with Gasteiger partial charge in [0.1, 0.15) is 0 Å². The van der Waals surface area contributed by atoms with E-state index in [0.29, 0.717) is 29.6 Å². The lowest BCUT2D eigenvalue weighted by Gasteiger charge is -2.44. The third-order valence-electron chi connectivity index (χ3n) is 9.45. The van der Waals surface area contributed by atoms with Crippen molar-refractivity contribution in [3.05, 3.63) is 46.5 Å². The van der Waals surface area contributed by atoms with Gasteiger partial charge in [0.05, 0.1) is 7.11 Å². The monoisotopic (exact) mass is 545 g/mol. The fourth-order valence-corrected chi connectivity index (χ4v) is 8.38. The molecular weight excluding hydrogens is 502 g/mol. The lowest BCUT2D eigenvalue weighted by atomic mass is 9.61. The first-order chi connectivity index (χ1) is 16.9. The third kappa shape index (κ3) is 5.43. The molecule has 1 saturated heterocycles. The minimum Gasteiger partial charge on any atom is -0.467 e. The van der Waals surface area contributed by atoms with Gasteiger partial charge in [-0.25, -0.2) is 4.79 Å². The fraction of sp³-hybridized carbons (Fsp3) is 0.700. The number of hydrogen-bond donors (Lipinski definition) is 0. The number of carbonyl (C=O) groups excluding carboxylic acids is 1. The van der Waals surface area contributed by atoms with E-state index in [0.717, 1.165) is 32.2 Å². The third-order valence-corrected chi connectivity index (χ3v) is 10.0. The first kappa shape index (κ1) is 26.9. The lowest BCUT2D eigenvalue weighted by Crippen LogP contribution is -2.40. The number of halogens is 1. The number of ether oxygens (including phenoxy) is 1. The van der Waals surface area contributed by atoms with Gasteiger partial charge in [-0.15, -0.1) is 0 Å². The lowest BCUT2D eigenvalue weighted by molar-refractivity contribution is -0.221. The zero-order chi connectivity index (χ0) is 25.1. The van der Waals surface area contributed by atoms with Crippen LogP contribution in [0, 0.1) is 23.2 Å². The standard InChI is InChI=1S/C30H44BrNO3/c1-5-16-30(28(33)34-4)20-25(32(35-30)18-15-23-10-7-6-8-11-23)19-22(2)26-13-14-27-24(21-31)12-9-17-29(26,27)3/h6-8,10-11,21-22,25-27H,5,9,12-20H2,1-4H3/b24-21+/t22-,25?,26-,27+,29-,30?/m1/s1. The number of methoxy groups -OCH3 is 1. The quantitative estimate of drug-likeness (QED) is 0.301. The number of hydrogen-bond acceptors (Lipinski definition) is 4. The Morgan fingerprint density at radius 2 is 2.09 bits per heavy atom. The molecule has 0 amide bonds. The first-order valence-corrected chi connectivity index (χ1v) is 14.7. The minimum absolute atomic E-state index is 0.216. The van der Waals surface area contributed by atoms with Crippen molar-refractivity contribution in [1.82, 2.24) is 5.06 Å². The van der Waals surface area contributed by atoms with E-state index in [1.54, 1.807) is 5.57 Å². The summed E-state index contributed by atoms with van der Waals surface area (Å²) < 4.78 is 5.26. The van der Waals surface area contributed by atoms with E-state index in [1.807, 2.05) is 0 Å². The topological polar surface area (TPSA) is 38.8 Å². The summed E-state index contributed by atoms with van der Waals surface area (Å²) in [6.45, 7) is 7.92. The van der Waals surface area contributed by atoms with Crippen LogP contribution in [0.1, 0.15) is 84.1 Å². The summed E-state index contributed by atoms with van der Waals surface area (Å²) in [7, 11) is 1.49. The number of carbonyl (C=O) groups is 1. The number of esters is 1. The largest absolute Gasteiger partial charge is 0.467 e. The second kappa shape index (κ2) is 11.5. The molecule has 1 aromatic carbocycles. The van der Waals surface area contributed by atoms with Gasteiger partial charge in [-0.3, -0.25) is 4.84 Å². The summed E-state index contributed by atoms with van der Waals surface area (Å²) in [4.78, 5) is 21.7. The van der Waals surface area contributed by atoms with Gasteiger partial charge in [0.25, 0.3) is 0 Å². The van der Waals surface area contributed by atoms with E-state index >= 15 is 0 Å². The van der Waals surface area contributed by atoms with Crippen LogP contribution in [0.5, 0.6) is 0 Å². The van der Waals surface area contributed by atoms with Gasteiger partial charge in [0.15, 0.2) is 5.60 Å². The van der Waals surface area contributed by atoms with Gasteiger partial charge in [0, 0.05) is 19.0 Å².